The van der Waals surface area contributed by atoms with Gasteiger partial charge in [0.25, 0.3) is 0 Å². The van der Waals surface area contributed by atoms with Gasteiger partial charge in [-0.25, -0.2) is 0 Å². The SMILES string of the molecule is CSCC(CCC(C)C)C(=O)O. The van der Waals surface area contributed by atoms with Gasteiger partial charge in [-0.15, -0.1) is 0 Å². The first kappa shape index (κ1) is 11.8. The maximum Gasteiger partial charge on any atom is 0.307 e. The first-order chi connectivity index (χ1) is 5.57. The quantitative estimate of drug-likeness (QED) is 0.699. The van der Waals surface area contributed by atoms with Gasteiger partial charge in [0.1, 0.15) is 0 Å². The van der Waals surface area contributed by atoms with Crippen molar-refractivity contribution in [2.75, 3.05) is 12.0 Å². The van der Waals surface area contributed by atoms with Crippen LogP contribution in [0.5, 0.6) is 0 Å². The van der Waals surface area contributed by atoms with Gasteiger partial charge in [0, 0.05) is 5.75 Å². The number of aliphatic carboxylic acids is 1. The van der Waals surface area contributed by atoms with Crippen molar-refractivity contribution in [2.45, 2.75) is 26.7 Å². The largest absolute Gasteiger partial charge is 0.481 e. The molecule has 0 aromatic heterocycles. The van der Waals surface area contributed by atoms with Crippen LogP contribution >= 0.6 is 11.8 Å². The summed E-state index contributed by atoms with van der Waals surface area (Å²) in [5, 5.41) is 8.80. The van der Waals surface area contributed by atoms with Crippen LogP contribution in [0, 0.1) is 11.8 Å². The molecule has 2 nitrogen and oxygen atoms in total. The van der Waals surface area contributed by atoms with Crippen LogP contribution in [0.15, 0.2) is 0 Å². The lowest BCUT2D eigenvalue weighted by molar-refractivity contribution is -0.141. The van der Waals surface area contributed by atoms with Gasteiger partial charge < -0.3 is 5.11 Å². The second-order valence-corrected chi connectivity index (χ2v) is 4.37. The normalized spacial score (nSPS) is 13.3. The number of hydrogen-bond acceptors (Lipinski definition) is 2. The van der Waals surface area contributed by atoms with Gasteiger partial charge in [-0.05, 0) is 18.6 Å². The van der Waals surface area contributed by atoms with Gasteiger partial charge in [0.2, 0.25) is 0 Å². The summed E-state index contributed by atoms with van der Waals surface area (Å²) in [6.07, 6.45) is 3.77. The molecule has 0 rings (SSSR count). The highest BCUT2D eigenvalue weighted by Gasteiger charge is 2.16. The van der Waals surface area contributed by atoms with Gasteiger partial charge in [-0.2, -0.15) is 11.8 Å². The highest BCUT2D eigenvalue weighted by atomic mass is 32.2. The van der Waals surface area contributed by atoms with Gasteiger partial charge in [-0.1, -0.05) is 20.3 Å². The van der Waals surface area contributed by atoms with Crippen molar-refractivity contribution in [3.63, 3.8) is 0 Å². The van der Waals surface area contributed by atoms with E-state index in [1.165, 1.54) is 0 Å². The summed E-state index contributed by atoms with van der Waals surface area (Å²) in [5.74, 6) is 0.545. The van der Waals surface area contributed by atoms with E-state index in [0.29, 0.717) is 5.92 Å². The molecular formula is C9H18O2S. The Morgan fingerprint density at radius 1 is 1.42 bits per heavy atom. The minimum atomic E-state index is -0.648. The van der Waals surface area contributed by atoms with Crippen LogP contribution in [0.25, 0.3) is 0 Å². The summed E-state index contributed by atoms with van der Waals surface area (Å²) in [6, 6.07) is 0. The molecule has 0 radical (unpaired) electrons. The van der Waals surface area contributed by atoms with E-state index in [2.05, 4.69) is 13.8 Å². The molecule has 0 aliphatic carbocycles. The number of carbonyl (C=O) groups is 1. The Hall–Kier alpha value is -0.180. The predicted octanol–water partition coefficient (Wildman–Crippen LogP) is 2.49. The standard InChI is InChI=1S/C9H18O2S/c1-7(2)4-5-8(6-12-3)9(10)11/h7-8H,4-6H2,1-3H3,(H,10,11). The monoisotopic (exact) mass is 190 g/mol. The molecule has 0 saturated carbocycles. The molecule has 0 heterocycles. The second kappa shape index (κ2) is 6.35. The number of rotatable bonds is 6. The highest BCUT2D eigenvalue weighted by molar-refractivity contribution is 7.98. The lowest BCUT2D eigenvalue weighted by Crippen LogP contribution is -2.16. The molecule has 0 aliphatic heterocycles. The van der Waals surface area contributed by atoms with Gasteiger partial charge in [0.05, 0.1) is 5.92 Å². The van der Waals surface area contributed by atoms with Crippen LogP contribution in [-0.4, -0.2) is 23.1 Å². The number of carboxylic acids is 1. The molecule has 0 fully saturated rings. The molecule has 1 N–H and O–H groups in total. The second-order valence-electron chi connectivity index (χ2n) is 3.46. The van der Waals surface area contributed by atoms with E-state index in [1.807, 2.05) is 6.26 Å². The molecule has 0 aromatic carbocycles. The summed E-state index contributed by atoms with van der Waals surface area (Å²) in [5.41, 5.74) is 0. The zero-order valence-electron chi connectivity index (χ0n) is 8.04. The minimum absolute atomic E-state index is 0.151. The lowest BCUT2D eigenvalue weighted by atomic mass is 9.99. The zero-order valence-corrected chi connectivity index (χ0v) is 8.86. The van der Waals surface area contributed by atoms with E-state index in [0.717, 1.165) is 18.6 Å². The molecule has 0 bridgehead atoms. The maximum absolute atomic E-state index is 10.7. The molecule has 0 spiro atoms. The summed E-state index contributed by atoms with van der Waals surface area (Å²) in [6.45, 7) is 4.25. The van der Waals surface area contributed by atoms with E-state index >= 15 is 0 Å². The summed E-state index contributed by atoms with van der Waals surface area (Å²) >= 11 is 1.61. The minimum Gasteiger partial charge on any atom is -0.481 e. The fourth-order valence-electron chi connectivity index (χ4n) is 1.01. The van der Waals surface area contributed by atoms with E-state index < -0.39 is 5.97 Å². The molecule has 0 aromatic rings. The molecule has 0 amide bonds. The van der Waals surface area contributed by atoms with Crippen LogP contribution < -0.4 is 0 Å². The van der Waals surface area contributed by atoms with Crippen molar-refractivity contribution >= 4 is 17.7 Å². The van der Waals surface area contributed by atoms with Crippen LogP contribution in [0.3, 0.4) is 0 Å². The van der Waals surface area contributed by atoms with E-state index in [-0.39, 0.29) is 5.92 Å². The summed E-state index contributed by atoms with van der Waals surface area (Å²) < 4.78 is 0. The Morgan fingerprint density at radius 2 is 2.00 bits per heavy atom. The average molecular weight is 190 g/mol. The van der Waals surface area contributed by atoms with E-state index in [9.17, 15) is 4.79 Å². The van der Waals surface area contributed by atoms with Gasteiger partial charge >= 0.3 is 5.97 Å². The Morgan fingerprint density at radius 3 is 2.33 bits per heavy atom. The van der Waals surface area contributed by atoms with Gasteiger partial charge in [-0.3, -0.25) is 4.79 Å². The maximum atomic E-state index is 10.7. The molecule has 1 atom stereocenters. The lowest BCUT2D eigenvalue weighted by Gasteiger charge is -2.11. The molecule has 0 saturated heterocycles. The summed E-state index contributed by atoms with van der Waals surface area (Å²) in [7, 11) is 0. The van der Waals surface area contributed by atoms with Crippen molar-refractivity contribution < 1.29 is 9.90 Å². The fraction of sp³-hybridized carbons (Fsp3) is 0.889. The zero-order chi connectivity index (χ0) is 9.56. The first-order valence-corrected chi connectivity index (χ1v) is 5.69. The molecular weight excluding hydrogens is 172 g/mol. The van der Waals surface area contributed by atoms with Crippen LogP contribution in [-0.2, 0) is 4.79 Å². The van der Waals surface area contributed by atoms with Crippen LogP contribution in [0.1, 0.15) is 26.7 Å². The number of thioether (sulfide) groups is 1. The molecule has 0 aliphatic rings. The van der Waals surface area contributed by atoms with E-state index in [1.54, 1.807) is 11.8 Å². The topological polar surface area (TPSA) is 37.3 Å². The van der Waals surface area contributed by atoms with Crippen LogP contribution in [0.2, 0.25) is 0 Å². The third-order valence-electron chi connectivity index (χ3n) is 1.81. The first-order valence-electron chi connectivity index (χ1n) is 4.29. The van der Waals surface area contributed by atoms with E-state index in [4.69, 9.17) is 5.11 Å². The Kier molecular flexibility index (Phi) is 6.25. The summed E-state index contributed by atoms with van der Waals surface area (Å²) in [4.78, 5) is 10.7. The number of carboxylic acid groups (broad SMARTS) is 1. The Balaban J connectivity index is 3.71. The smallest absolute Gasteiger partial charge is 0.307 e. The molecule has 12 heavy (non-hydrogen) atoms. The van der Waals surface area contributed by atoms with Gasteiger partial charge in [0.15, 0.2) is 0 Å². The van der Waals surface area contributed by atoms with Crippen molar-refractivity contribution in [3.8, 4) is 0 Å². The fourth-order valence-corrected chi connectivity index (χ4v) is 1.73. The number of hydrogen-bond donors (Lipinski definition) is 1. The van der Waals surface area contributed by atoms with Crippen molar-refractivity contribution in [1.29, 1.82) is 0 Å². The van der Waals surface area contributed by atoms with Crippen molar-refractivity contribution in [1.82, 2.24) is 0 Å². The third kappa shape index (κ3) is 5.47. The van der Waals surface area contributed by atoms with Crippen LogP contribution in [0.4, 0.5) is 0 Å². The average Bonchev–Trinajstić information content (AvgIpc) is 1.96. The molecule has 1 unspecified atom stereocenters. The highest BCUT2D eigenvalue weighted by Crippen LogP contribution is 2.16. The molecule has 72 valence electrons. The Bertz CT molecular complexity index is 134. The third-order valence-corrected chi connectivity index (χ3v) is 2.55. The predicted molar refractivity (Wildman–Crippen MR) is 53.6 cm³/mol. The van der Waals surface area contributed by atoms with Crippen molar-refractivity contribution in [3.05, 3.63) is 0 Å². The Labute approximate surface area is 78.7 Å². The van der Waals surface area contributed by atoms with Crippen molar-refractivity contribution in [2.24, 2.45) is 11.8 Å². The molecule has 3 heteroatoms.